The Bertz CT molecular complexity index is 1140. The fourth-order valence-electron chi connectivity index (χ4n) is 4.40. The fourth-order valence-corrected chi connectivity index (χ4v) is 4.40. The maximum Gasteiger partial charge on any atom is 0.471 e. The van der Waals surface area contributed by atoms with Gasteiger partial charge < -0.3 is 15.1 Å². The summed E-state index contributed by atoms with van der Waals surface area (Å²) >= 11 is 0. The van der Waals surface area contributed by atoms with E-state index in [4.69, 9.17) is 0 Å². The van der Waals surface area contributed by atoms with Gasteiger partial charge in [-0.3, -0.25) is 14.9 Å². The lowest BCUT2D eigenvalue weighted by molar-refractivity contribution is -0.384. The number of amides is 1. The van der Waals surface area contributed by atoms with Crippen molar-refractivity contribution < 1.29 is 22.9 Å². The molecule has 2 aliphatic heterocycles. The number of hydrogen-bond donors (Lipinski definition) is 1. The molecule has 1 N–H and O–H groups in total. The van der Waals surface area contributed by atoms with Crippen molar-refractivity contribution in [3.63, 3.8) is 0 Å². The number of halogens is 3. The molecule has 2 aliphatic rings. The molecule has 2 aromatic carbocycles. The molecular weight excluding hydrogens is 427 g/mol. The predicted octanol–water partition coefficient (Wildman–Crippen LogP) is 3.94. The van der Waals surface area contributed by atoms with E-state index in [-0.39, 0.29) is 18.5 Å². The number of nitriles is 1. The highest BCUT2D eigenvalue weighted by Gasteiger charge is 2.42. The molecule has 0 bridgehead atoms. The van der Waals surface area contributed by atoms with Crippen molar-refractivity contribution in [1.82, 2.24) is 5.32 Å². The Balaban J connectivity index is 1.80. The molecule has 2 atom stereocenters. The van der Waals surface area contributed by atoms with Crippen LogP contribution in [0.15, 0.2) is 36.4 Å². The summed E-state index contributed by atoms with van der Waals surface area (Å²) in [4.78, 5) is 26.1. The summed E-state index contributed by atoms with van der Waals surface area (Å²) in [5.41, 5.74) is 2.92. The molecule has 2 heterocycles. The molecule has 8 nitrogen and oxygen atoms in total. The van der Waals surface area contributed by atoms with E-state index in [2.05, 4.69) is 11.4 Å². The van der Waals surface area contributed by atoms with Crippen LogP contribution in [0.1, 0.15) is 30.0 Å². The molecule has 2 aromatic rings. The molecule has 1 fully saturated rings. The van der Waals surface area contributed by atoms with E-state index in [9.17, 15) is 33.3 Å². The summed E-state index contributed by atoms with van der Waals surface area (Å²) < 4.78 is 38.3. The lowest BCUT2D eigenvalue weighted by atomic mass is 9.90. The summed E-state index contributed by atoms with van der Waals surface area (Å²) in [6, 6.07) is 10.5. The Kier molecular flexibility index (Phi) is 5.16. The minimum atomic E-state index is -4.97. The van der Waals surface area contributed by atoms with Gasteiger partial charge in [-0.25, -0.2) is 0 Å². The van der Waals surface area contributed by atoms with Crippen LogP contribution < -0.4 is 15.1 Å². The largest absolute Gasteiger partial charge is 0.471 e. The van der Waals surface area contributed by atoms with Gasteiger partial charge in [0.05, 0.1) is 34.0 Å². The van der Waals surface area contributed by atoms with Crippen LogP contribution >= 0.6 is 0 Å². The monoisotopic (exact) mass is 445 g/mol. The van der Waals surface area contributed by atoms with Gasteiger partial charge in [-0.15, -0.1) is 0 Å². The van der Waals surface area contributed by atoms with Crippen LogP contribution in [0.2, 0.25) is 0 Å². The smallest absolute Gasteiger partial charge is 0.363 e. The number of carbonyl (C=O) groups is 1. The Morgan fingerprint density at radius 3 is 2.62 bits per heavy atom. The van der Waals surface area contributed by atoms with Gasteiger partial charge in [0.25, 0.3) is 5.69 Å². The zero-order valence-corrected chi connectivity index (χ0v) is 16.9. The summed E-state index contributed by atoms with van der Waals surface area (Å²) in [6.45, 7) is 0.339. The van der Waals surface area contributed by atoms with E-state index >= 15 is 0 Å². The van der Waals surface area contributed by atoms with Gasteiger partial charge >= 0.3 is 12.1 Å². The van der Waals surface area contributed by atoms with Crippen LogP contribution in [0.3, 0.4) is 0 Å². The molecule has 2 unspecified atom stereocenters. The molecule has 32 heavy (non-hydrogen) atoms. The van der Waals surface area contributed by atoms with E-state index in [1.807, 2.05) is 4.90 Å². The van der Waals surface area contributed by atoms with Crippen molar-refractivity contribution in [3.05, 3.63) is 57.6 Å². The van der Waals surface area contributed by atoms with Crippen molar-refractivity contribution in [2.75, 3.05) is 23.4 Å². The summed E-state index contributed by atoms with van der Waals surface area (Å²) in [5.74, 6) is -1.97. The molecule has 0 aromatic heterocycles. The molecule has 0 aliphatic carbocycles. The number of rotatable bonds is 2. The lowest BCUT2D eigenvalue weighted by Gasteiger charge is -2.41. The molecule has 0 radical (unpaired) electrons. The Morgan fingerprint density at radius 1 is 1.22 bits per heavy atom. The molecule has 1 amide bonds. The second-order valence-electron chi connectivity index (χ2n) is 7.78. The van der Waals surface area contributed by atoms with Gasteiger partial charge in [-0.05, 0) is 36.6 Å². The first kappa shape index (κ1) is 21.4. The summed E-state index contributed by atoms with van der Waals surface area (Å²) in [7, 11) is 1.73. The zero-order valence-electron chi connectivity index (χ0n) is 16.9. The standard InChI is InChI=1S/C21H18F3N5O3/c1-27-17-8-12(11-25)2-4-15(17)18-9-13(26-20(30)21(22,23)24)6-7-28(18)16-5-3-14(29(31)32)10-19(16)27/h2-5,8,10,13,18H,6-7,9H2,1H3,(H,26,30). The highest BCUT2D eigenvalue weighted by molar-refractivity contribution is 5.84. The third kappa shape index (κ3) is 3.68. The number of alkyl halides is 3. The maximum absolute atomic E-state index is 12.8. The summed E-state index contributed by atoms with van der Waals surface area (Å²) in [5, 5.41) is 22.7. The number of benzene rings is 2. The number of piperidine rings is 1. The number of nitro benzene ring substituents is 1. The Morgan fingerprint density at radius 2 is 1.97 bits per heavy atom. The minimum absolute atomic E-state index is 0.0978. The van der Waals surface area contributed by atoms with Crippen LogP contribution in [-0.2, 0) is 4.79 Å². The van der Waals surface area contributed by atoms with Gasteiger partial charge in [0.15, 0.2) is 0 Å². The Labute approximate surface area is 181 Å². The topological polar surface area (TPSA) is 103 Å². The minimum Gasteiger partial charge on any atom is -0.363 e. The number of nitro groups is 1. The van der Waals surface area contributed by atoms with Crippen molar-refractivity contribution >= 4 is 28.7 Å². The van der Waals surface area contributed by atoms with Gasteiger partial charge in [-0.1, -0.05) is 6.07 Å². The average Bonchev–Trinajstić information content (AvgIpc) is 2.86. The first-order chi connectivity index (χ1) is 15.1. The van der Waals surface area contributed by atoms with Crippen molar-refractivity contribution in [2.24, 2.45) is 0 Å². The number of non-ortho nitro benzene ring substituents is 1. The van der Waals surface area contributed by atoms with E-state index in [1.54, 1.807) is 36.2 Å². The second-order valence-corrected chi connectivity index (χ2v) is 7.78. The summed E-state index contributed by atoms with van der Waals surface area (Å²) in [6.07, 6.45) is -4.47. The first-order valence-corrected chi connectivity index (χ1v) is 9.80. The quantitative estimate of drug-likeness (QED) is 0.555. The molecule has 11 heteroatoms. The number of anilines is 3. The van der Waals surface area contributed by atoms with Gasteiger partial charge in [0.1, 0.15) is 0 Å². The Hall–Kier alpha value is -3.81. The normalized spacial score (nSPS) is 19.7. The van der Waals surface area contributed by atoms with Gasteiger partial charge in [0, 0.05) is 37.5 Å². The molecule has 0 spiro atoms. The molecule has 1 saturated heterocycles. The third-order valence-corrected chi connectivity index (χ3v) is 5.92. The second kappa shape index (κ2) is 7.71. The van der Waals surface area contributed by atoms with Crippen LogP contribution in [-0.4, -0.2) is 36.6 Å². The van der Waals surface area contributed by atoms with E-state index in [0.717, 1.165) is 5.56 Å². The van der Waals surface area contributed by atoms with E-state index in [0.29, 0.717) is 29.2 Å². The zero-order chi connectivity index (χ0) is 23.2. The molecule has 166 valence electrons. The lowest BCUT2D eigenvalue weighted by Crippen LogP contribution is -2.49. The van der Waals surface area contributed by atoms with Crippen LogP contribution in [0.25, 0.3) is 0 Å². The number of nitrogens with one attached hydrogen (secondary N) is 1. The van der Waals surface area contributed by atoms with Crippen molar-refractivity contribution in [1.29, 1.82) is 5.26 Å². The fraction of sp³-hybridized carbons (Fsp3) is 0.333. The van der Waals surface area contributed by atoms with Crippen LogP contribution in [0.4, 0.5) is 35.9 Å². The highest BCUT2D eigenvalue weighted by Crippen LogP contribution is 2.49. The molecule has 4 rings (SSSR count). The SMILES string of the molecule is CN1c2cc(C#N)ccc2C2CC(NC(=O)C(F)(F)F)CCN2c2ccc([N+](=O)[O-])cc21. The number of nitrogens with zero attached hydrogens (tertiary/aromatic N) is 4. The number of hydrogen-bond acceptors (Lipinski definition) is 6. The number of fused-ring (bicyclic) bond motifs is 5. The van der Waals surface area contributed by atoms with Crippen molar-refractivity contribution in [2.45, 2.75) is 31.1 Å². The van der Waals surface area contributed by atoms with E-state index < -0.39 is 29.1 Å². The van der Waals surface area contributed by atoms with Gasteiger partial charge in [-0.2, -0.15) is 18.4 Å². The van der Waals surface area contributed by atoms with Crippen LogP contribution in [0, 0.1) is 21.4 Å². The van der Waals surface area contributed by atoms with Gasteiger partial charge in [0.2, 0.25) is 0 Å². The number of carbonyl (C=O) groups excluding carboxylic acids is 1. The van der Waals surface area contributed by atoms with Crippen molar-refractivity contribution in [3.8, 4) is 6.07 Å². The van der Waals surface area contributed by atoms with E-state index in [1.165, 1.54) is 12.1 Å². The average molecular weight is 445 g/mol. The van der Waals surface area contributed by atoms with Crippen LogP contribution in [0.5, 0.6) is 0 Å². The molecule has 0 saturated carbocycles. The predicted molar refractivity (Wildman–Crippen MR) is 110 cm³/mol. The first-order valence-electron chi connectivity index (χ1n) is 9.80. The maximum atomic E-state index is 12.8. The third-order valence-electron chi connectivity index (χ3n) is 5.92. The highest BCUT2D eigenvalue weighted by atomic mass is 19.4. The molecular formula is C21H18F3N5O3.